The highest BCUT2D eigenvalue weighted by Gasteiger charge is 2.22. The zero-order valence-electron chi connectivity index (χ0n) is 25.9. The maximum absolute atomic E-state index is 5.47. The van der Waals surface area contributed by atoms with E-state index in [1.165, 1.54) is 54.2 Å². The van der Waals surface area contributed by atoms with Gasteiger partial charge in [0.05, 0.1) is 11.0 Å². The Bertz CT molecular complexity index is 3070. The van der Waals surface area contributed by atoms with Gasteiger partial charge in [-0.1, -0.05) is 127 Å². The highest BCUT2D eigenvalue weighted by Crippen LogP contribution is 2.41. The molecule has 0 aliphatic carbocycles. The van der Waals surface area contributed by atoms with Gasteiger partial charge in [0.1, 0.15) is 11.2 Å². The molecular weight excluding hydrogens is 583 g/mol. The molecule has 0 bridgehead atoms. The van der Waals surface area contributed by atoms with Gasteiger partial charge < -0.3 is 0 Å². The number of para-hydroxylation sites is 2. The summed E-state index contributed by atoms with van der Waals surface area (Å²) in [5.74, 6) is 0. The number of pyridine rings is 1. The van der Waals surface area contributed by atoms with Crippen LogP contribution in [0.1, 0.15) is 0 Å². The SMILES string of the molecule is c1ccc(-n2c3ccc(-c4ccc5c6ccccc6c6ccccc6c5c4)cc3c3nc4c5ccccc5c5ccccc5n4c32)cc1. The van der Waals surface area contributed by atoms with Crippen molar-refractivity contribution in [2.75, 3.05) is 0 Å². The van der Waals surface area contributed by atoms with Crippen molar-refractivity contribution < 1.29 is 0 Å². The van der Waals surface area contributed by atoms with Crippen LogP contribution in [-0.4, -0.2) is 14.0 Å². The van der Waals surface area contributed by atoms with E-state index < -0.39 is 0 Å². The summed E-state index contributed by atoms with van der Waals surface area (Å²) in [6, 6.07) is 59.4. The minimum atomic E-state index is 0.982. The third-order valence-corrected chi connectivity index (χ3v) is 10.3. The number of nitrogens with zero attached hydrogens (tertiary/aromatic N) is 3. The molecular formula is C45H27N3. The van der Waals surface area contributed by atoms with Crippen molar-refractivity contribution in [3.8, 4) is 16.8 Å². The Morgan fingerprint density at radius 3 is 1.54 bits per heavy atom. The van der Waals surface area contributed by atoms with Gasteiger partial charge in [-0.15, -0.1) is 0 Å². The first-order valence-corrected chi connectivity index (χ1v) is 16.5. The number of benzene rings is 8. The summed E-state index contributed by atoms with van der Waals surface area (Å²) in [5, 5.41) is 12.5. The van der Waals surface area contributed by atoms with Gasteiger partial charge in [0, 0.05) is 21.8 Å². The molecule has 0 aliphatic heterocycles. The normalized spacial score (nSPS) is 12.2. The molecule has 3 nitrogen and oxygen atoms in total. The van der Waals surface area contributed by atoms with Crippen molar-refractivity contribution in [1.29, 1.82) is 0 Å². The molecule has 0 saturated heterocycles. The topological polar surface area (TPSA) is 22.2 Å². The van der Waals surface area contributed by atoms with E-state index in [-0.39, 0.29) is 0 Å². The molecule has 0 spiro atoms. The molecule has 0 radical (unpaired) electrons. The third-order valence-electron chi connectivity index (χ3n) is 10.3. The number of aromatic nitrogens is 3. The number of fused-ring (bicyclic) bond motifs is 16. The van der Waals surface area contributed by atoms with Crippen LogP contribution in [0.3, 0.4) is 0 Å². The van der Waals surface area contributed by atoms with Crippen molar-refractivity contribution in [2.45, 2.75) is 0 Å². The Morgan fingerprint density at radius 1 is 0.354 bits per heavy atom. The minimum Gasteiger partial charge on any atom is -0.294 e. The van der Waals surface area contributed by atoms with Crippen molar-refractivity contribution in [2.24, 2.45) is 0 Å². The molecule has 3 aromatic heterocycles. The fraction of sp³-hybridized carbons (Fsp3) is 0. The lowest BCUT2D eigenvalue weighted by Gasteiger charge is -2.13. The van der Waals surface area contributed by atoms with Gasteiger partial charge in [-0.3, -0.25) is 8.97 Å². The standard InChI is InChI=1S/C45H27N3/c1-2-12-30(13-3-1)47-42-25-23-29(28-22-24-36-33-16-5-4-14-31(33)32-15-6-7-17-34(32)39(36)26-28)27-40(42)43-45(47)48-41-21-11-10-19-37(41)35-18-8-9-20-38(35)44(48)46-43/h1-27H. The predicted octanol–water partition coefficient (Wildman–Crippen LogP) is 11.9. The summed E-state index contributed by atoms with van der Waals surface area (Å²) in [6.07, 6.45) is 0. The molecule has 0 N–H and O–H groups in total. The van der Waals surface area contributed by atoms with Gasteiger partial charge in [-0.2, -0.15) is 0 Å². The molecule has 0 fully saturated rings. The molecule has 0 atom stereocenters. The van der Waals surface area contributed by atoms with Gasteiger partial charge in [-0.05, 0) is 85.2 Å². The lowest BCUT2D eigenvalue weighted by molar-refractivity contribution is 1.12. The molecule has 11 rings (SSSR count). The smallest absolute Gasteiger partial charge is 0.151 e. The number of hydrogen-bond acceptors (Lipinski definition) is 1. The Hall–Kier alpha value is -6.45. The summed E-state index contributed by atoms with van der Waals surface area (Å²) >= 11 is 0. The zero-order valence-corrected chi connectivity index (χ0v) is 25.9. The van der Waals surface area contributed by atoms with Crippen molar-refractivity contribution >= 4 is 81.7 Å². The molecule has 3 heterocycles. The van der Waals surface area contributed by atoms with Crippen molar-refractivity contribution in [3.63, 3.8) is 0 Å². The largest absolute Gasteiger partial charge is 0.294 e. The average Bonchev–Trinajstić information content (AvgIpc) is 3.70. The molecule has 222 valence electrons. The Labute approximate surface area is 275 Å². The van der Waals surface area contributed by atoms with E-state index in [4.69, 9.17) is 4.98 Å². The summed E-state index contributed by atoms with van der Waals surface area (Å²) in [6.45, 7) is 0. The first-order chi connectivity index (χ1) is 23.8. The van der Waals surface area contributed by atoms with Gasteiger partial charge >= 0.3 is 0 Å². The highest BCUT2D eigenvalue weighted by atomic mass is 15.2. The van der Waals surface area contributed by atoms with Crippen LogP contribution >= 0.6 is 0 Å². The van der Waals surface area contributed by atoms with E-state index in [2.05, 4.69) is 173 Å². The van der Waals surface area contributed by atoms with Crippen molar-refractivity contribution in [3.05, 3.63) is 164 Å². The van der Waals surface area contributed by atoms with Gasteiger partial charge in [0.15, 0.2) is 5.65 Å². The minimum absolute atomic E-state index is 0.982. The Balaban J connectivity index is 1.25. The molecule has 8 aromatic carbocycles. The van der Waals surface area contributed by atoms with E-state index in [9.17, 15) is 0 Å². The molecule has 0 unspecified atom stereocenters. The quantitative estimate of drug-likeness (QED) is 0.179. The van der Waals surface area contributed by atoms with Gasteiger partial charge in [0.25, 0.3) is 0 Å². The monoisotopic (exact) mass is 609 g/mol. The Morgan fingerprint density at radius 2 is 0.854 bits per heavy atom. The second kappa shape index (κ2) is 9.54. The van der Waals surface area contributed by atoms with Crippen LogP contribution in [0.15, 0.2) is 164 Å². The van der Waals surface area contributed by atoms with Crippen LogP contribution in [0, 0.1) is 0 Å². The van der Waals surface area contributed by atoms with Crippen LogP contribution < -0.4 is 0 Å². The van der Waals surface area contributed by atoms with Crippen molar-refractivity contribution in [1.82, 2.24) is 14.0 Å². The van der Waals surface area contributed by atoms with E-state index in [0.29, 0.717) is 0 Å². The van der Waals surface area contributed by atoms with Crippen LogP contribution in [0.25, 0.3) is 98.5 Å². The summed E-state index contributed by atoms with van der Waals surface area (Å²) in [7, 11) is 0. The average molecular weight is 610 g/mol. The highest BCUT2D eigenvalue weighted by molar-refractivity contribution is 6.26. The molecule has 0 amide bonds. The second-order valence-electron chi connectivity index (χ2n) is 12.8. The van der Waals surface area contributed by atoms with Crippen LogP contribution in [-0.2, 0) is 0 Å². The first-order valence-electron chi connectivity index (χ1n) is 16.5. The lowest BCUT2D eigenvalue weighted by Crippen LogP contribution is -1.99. The fourth-order valence-electron chi connectivity index (χ4n) is 8.16. The van der Waals surface area contributed by atoms with E-state index in [1.807, 2.05) is 0 Å². The van der Waals surface area contributed by atoms with Crippen LogP contribution in [0.4, 0.5) is 0 Å². The fourth-order valence-corrected chi connectivity index (χ4v) is 8.16. The second-order valence-corrected chi connectivity index (χ2v) is 12.8. The van der Waals surface area contributed by atoms with Crippen LogP contribution in [0.5, 0.6) is 0 Å². The summed E-state index contributed by atoms with van der Waals surface area (Å²) < 4.78 is 4.75. The van der Waals surface area contributed by atoms with E-state index in [1.54, 1.807) is 0 Å². The molecule has 3 heteroatoms. The molecule has 48 heavy (non-hydrogen) atoms. The number of hydrogen-bond donors (Lipinski definition) is 0. The summed E-state index contributed by atoms with van der Waals surface area (Å²) in [4.78, 5) is 5.47. The van der Waals surface area contributed by atoms with Gasteiger partial charge in [0.2, 0.25) is 0 Å². The van der Waals surface area contributed by atoms with E-state index in [0.717, 1.165) is 44.3 Å². The number of rotatable bonds is 2. The molecule has 11 aromatic rings. The zero-order chi connectivity index (χ0) is 31.3. The molecule has 0 aliphatic rings. The van der Waals surface area contributed by atoms with E-state index >= 15 is 0 Å². The third kappa shape index (κ3) is 3.40. The van der Waals surface area contributed by atoms with Crippen LogP contribution in [0.2, 0.25) is 0 Å². The predicted molar refractivity (Wildman–Crippen MR) is 202 cm³/mol. The Kier molecular flexibility index (Phi) is 5.11. The van der Waals surface area contributed by atoms with Gasteiger partial charge in [-0.25, -0.2) is 4.98 Å². The summed E-state index contributed by atoms with van der Waals surface area (Å²) in [5.41, 5.74) is 8.87. The molecule has 0 saturated carbocycles. The lowest BCUT2D eigenvalue weighted by atomic mass is 9.92. The maximum atomic E-state index is 5.47. The maximum Gasteiger partial charge on any atom is 0.151 e. The first kappa shape index (κ1) is 25.7. The number of imidazole rings is 1.